The molecule has 3 amide bonds. The standard InChI is InChI=1S/C21H26N2O6S/c1-3-27-15-8-7-14(17(11-15)28-4-2)10-18-20(25)23(21(26)30-18)13-19(24)22-12-16-6-5-9-29-16/h7-8,10-11,16H,3-6,9,12-13H2,1-2H3,(H,22,24)/b18-10-/t16-/m1/s1. The Morgan fingerprint density at radius 2 is 2.10 bits per heavy atom. The molecule has 0 aromatic heterocycles. The second kappa shape index (κ2) is 10.5. The van der Waals surface area contributed by atoms with Gasteiger partial charge in [0.25, 0.3) is 11.1 Å². The second-order valence-corrected chi connectivity index (χ2v) is 7.77. The van der Waals surface area contributed by atoms with E-state index in [0.717, 1.165) is 29.5 Å². The van der Waals surface area contributed by atoms with Gasteiger partial charge in [-0.1, -0.05) is 0 Å². The Balaban J connectivity index is 1.67. The number of benzene rings is 1. The van der Waals surface area contributed by atoms with Gasteiger partial charge in [0.2, 0.25) is 5.91 Å². The third-order valence-corrected chi connectivity index (χ3v) is 5.52. The van der Waals surface area contributed by atoms with Crippen LogP contribution < -0.4 is 14.8 Å². The van der Waals surface area contributed by atoms with Crippen molar-refractivity contribution >= 4 is 34.9 Å². The Bertz CT molecular complexity index is 835. The van der Waals surface area contributed by atoms with Crippen LogP contribution in [0.5, 0.6) is 11.5 Å². The van der Waals surface area contributed by atoms with Gasteiger partial charge in [-0.3, -0.25) is 19.3 Å². The number of ether oxygens (including phenoxy) is 3. The highest BCUT2D eigenvalue weighted by Crippen LogP contribution is 2.35. The van der Waals surface area contributed by atoms with Crippen molar-refractivity contribution in [3.05, 3.63) is 28.7 Å². The minimum Gasteiger partial charge on any atom is -0.494 e. The van der Waals surface area contributed by atoms with Crippen LogP contribution in [-0.2, 0) is 14.3 Å². The zero-order valence-corrected chi connectivity index (χ0v) is 18.0. The van der Waals surface area contributed by atoms with E-state index in [1.807, 2.05) is 13.8 Å². The van der Waals surface area contributed by atoms with Gasteiger partial charge >= 0.3 is 0 Å². The minimum absolute atomic E-state index is 0.000379. The van der Waals surface area contributed by atoms with Crippen molar-refractivity contribution in [1.29, 1.82) is 0 Å². The zero-order chi connectivity index (χ0) is 21.5. The summed E-state index contributed by atoms with van der Waals surface area (Å²) in [4.78, 5) is 38.4. The van der Waals surface area contributed by atoms with Gasteiger partial charge in [0.05, 0.1) is 24.2 Å². The molecule has 162 valence electrons. The molecule has 2 heterocycles. The minimum atomic E-state index is -0.492. The quantitative estimate of drug-likeness (QED) is 0.597. The maximum atomic E-state index is 12.7. The van der Waals surface area contributed by atoms with E-state index in [4.69, 9.17) is 14.2 Å². The summed E-state index contributed by atoms with van der Waals surface area (Å²) in [6.07, 6.45) is 3.48. The van der Waals surface area contributed by atoms with Crippen molar-refractivity contribution in [2.75, 3.05) is 32.9 Å². The summed E-state index contributed by atoms with van der Waals surface area (Å²) in [5.74, 6) is 0.345. The monoisotopic (exact) mass is 434 g/mol. The van der Waals surface area contributed by atoms with E-state index in [9.17, 15) is 14.4 Å². The molecule has 2 saturated heterocycles. The molecule has 0 saturated carbocycles. The van der Waals surface area contributed by atoms with Crippen LogP contribution in [0.15, 0.2) is 23.1 Å². The molecule has 0 spiro atoms. The Morgan fingerprint density at radius 1 is 1.30 bits per heavy atom. The molecule has 0 radical (unpaired) electrons. The highest BCUT2D eigenvalue weighted by Gasteiger charge is 2.36. The Labute approximate surface area is 179 Å². The molecule has 0 bridgehead atoms. The number of nitrogens with zero attached hydrogens (tertiary/aromatic N) is 1. The van der Waals surface area contributed by atoms with Crippen molar-refractivity contribution < 1.29 is 28.6 Å². The maximum absolute atomic E-state index is 12.7. The molecule has 1 aromatic rings. The fourth-order valence-corrected chi connectivity index (χ4v) is 4.01. The molecule has 3 rings (SSSR count). The zero-order valence-electron chi connectivity index (χ0n) is 17.1. The number of imide groups is 1. The molecule has 8 nitrogen and oxygen atoms in total. The van der Waals surface area contributed by atoms with Gasteiger partial charge in [0.15, 0.2) is 0 Å². The summed E-state index contributed by atoms with van der Waals surface area (Å²) in [7, 11) is 0. The predicted octanol–water partition coefficient (Wildman–Crippen LogP) is 2.82. The number of carbonyl (C=O) groups excluding carboxylic acids is 3. The van der Waals surface area contributed by atoms with Gasteiger partial charge in [-0.25, -0.2) is 0 Å². The van der Waals surface area contributed by atoms with Crippen molar-refractivity contribution in [3.63, 3.8) is 0 Å². The van der Waals surface area contributed by atoms with Crippen molar-refractivity contribution in [3.8, 4) is 11.5 Å². The lowest BCUT2D eigenvalue weighted by Gasteiger charge is -2.14. The van der Waals surface area contributed by atoms with E-state index in [1.165, 1.54) is 0 Å². The predicted molar refractivity (Wildman–Crippen MR) is 113 cm³/mol. The summed E-state index contributed by atoms with van der Waals surface area (Å²) in [6.45, 7) is 5.50. The van der Waals surface area contributed by atoms with Crippen LogP contribution in [0.1, 0.15) is 32.3 Å². The number of carbonyl (C=O) groups is 3. The smallest absolute Gasteiger partial charge is 0.294 e. The molecule has 0 unspecified atom stereocenters. The summed E-state index contributed by atoms with van der Waals surface area (Å²) >= 11 is 0.810. The van der Waals surface area contributed by atoms with E-state index in [0.29, 0.717) is 43.4 Å². The van der Waals surface area contributed by atoms with E-state index in [1.54, 1.807) is 24.3 Å². The van der Waals surface area contributed by atoms with Gasteiger partial charge in [-0.15, -0.1) is 0 Å². The molecular weight excluding hydrogens is 408 g/mol. The van der Waals surface area contributed by atoms with Gasteiger partial charge in [-0.2, -0.15) is 0 Å². The molecule has 1 aromatic carbocycles. The first-order valence-corrected chi connectivity index (χ1v) is 10.9. The number of rotatable bonds is 9. The number of nitrogens with one attached hydrogen (secondary N) is 1. The van der Waals surface area contributed by atoms with Crippen LogP contribution in [0.4, 0.5) is 4.79 Å². The normalized spacial score (nSPS) is 20.1. The van der Waals surface area contributed by atoms with Crippen LogP contribution in [0, 0.1) is 0 Å². The van der Waals surface area contributed by atoms with E-state index in [2.05, 4.69) is 5.32 Å². The lowest BCUT2D eigenvalue weighted by Crippen LogP contribution is -2.41. The molecule has 0 aliphatic carbocycles. The Kier molecular flexibility index (Phi) is 7.75. The van der Waals surface area contributed by atoms with Gasteiger partial charge < -0.3 is 19.5 Å². The average molecular weight is 435 g/mol. The van der Waals surface area contributed by atoms with Crippen molar-refractivity contribution in [2.45, 2.75) is 32.8 Å². The summed E-state index contributed by atoms with van der Waals surface area (Å²) in [5.41, 5.74) is 0.661. The van der Waals surface area contributed by atoms with Crippen LogP contribution in [0.3, 0.4) is 0 Å². The number of hydrogen-bond acceptors (Lipinski definition) is 7. The SMILES string of the molecule is CCOc1ccc(/C=C2\SC(=O)N(CC(=O)NC[C@H]3CCCO3)C2=O)c(OCC)c1. The summed E-state index contributed by atoms with van der Waals surface area (Å²) < 4.78 is 16.6. The van der Waals surface area contributed by atoms with Crippen molar-refractivity contribution in [1.82, 2.24) is 10.2 Å². The topological polar surface area (TPSA) is 94.2 Å². The fraction of sp³-hybridized carbons (Fsp3) is 0.476. The van der Waals surface area contributed by atoms with Gasteiger partial charge in [0, 0.05) is 24.8 Å². The van der Waals surface area contributed by atoms with Crippen LogP contribution in [-0.4, -0.2) is 61.0 Å². The van der Waals surface area contributed by atoms with E-state index >= 15 is 0 Å². The van der Waals surface area contributed by atoms with Gasteiger partial charge in [0.1, 0.15) is 18.0 Å². The number of amides is 3. The Morgan fingerprint density at radius 3 is 2.80 bits per heavy atom. The number of thioether (sulfide) groups is 1. The lowest BCUT2D eigenvalue weighted by atomic mass is 10.1. The lowest BCUT2D eigenvalue weighted by molar-refractivity contribution is -0.129. The van der Waals surface area contributed by atoms with Gasteiger partial charge in [-0.05, 0) is 56.7 Å². The van der Waals surface area contributed by atoms with Crippen LogP contribution in [0.25, 0.3) is 6.08 Å². The molecule has 1 atom stereocenters. The third-order valence-electron chi connectivity index (χ3n) is 4.61. The molecule has 30 heavy (non-hydrogen) atoms. The molecule has 9 heteroatoms. The Hall–Kier alpha value is -2.52. The van der Waals surface area contributed by atoms with Crippen LogP contribution in [0.2, 0.25) is 0 Å². The largest absolute Gasteiger partial charge is 0.494 e. The van der Waals surface area contributed by atoms with E-state index in [-0.39, 0.29) is 23.5 Å². The summed E-state index contributed by atoms with van der Waals surface area (Å²) in [6, 6.07) is 5.31. The van der Waals surface area contributed by atoms with E-state index < -0.39 is 11.1 Å². The fourth-order valence-electron chi connectivity index (χ4n) is 3.18. The molecule has 2 aliphatic heterocycles. The summed E-state index contributed by atoms with van der Waals surface area (Å²) in [5, 5.41) is 2.26. The molecule has 1 N–H and O–H groups in total. The first-order valence-electron chi connectivity index (χ1n) is 10.0. The van der Waals surface area contributed by atoms with Crippen molar-refractivity contribution in [2.24, 2.45) is 0 Å². The highest BCUT2D eigenvalue weighted by molar-refractivity contribution is 8.18. The molecular formula is C21H26N2O6S. The first kappa shape index (κ1) is 22.2. The molecule has 2 aliphatic rings. The second-order valence-electron chi connectivity index (χ2n) is 6.77. The highest BCUT2D eigenvalue weighted by atomic mass is 32.2. The maximum Gasteiger partial charge on any atom is 0.294 e. The average Bonchev–Trinajstić information content (AvgIpc) is 3.33. The number of hydrogen-bond donors (Lipinski definition) is 1. The first-order chi connectivity index (χ1) is 14.5. The van der Waals surface area contributed by atoms with Crippen LogP contribution >= 0.6 is 11.8 Å². The third kappa shape index (κ3) is 5.54. The molecule has 2 fully saturated rings.